The molecule has 0 unspecified atom stereocenters. The summed E-state index contributed by atoms with van der Waals surface area (Å²) in [6.45, 7) is 9.17. The first-order valence-corrected chi connectivity index (χ1v) is 15.5. The monoisotopic (exact) mass is 585 g/mol. The molecule has 2 aliphatic heterocycles. The van der Waals surface area contributed by atoms with Crippen molar-refractivity contribution in [2.45, 2.75) is 51.0 Å². The van der Waals surface area contributed by atoms with Crippen molar-refractivity contribution in [3.05, 3.63) is 114 Å². The van der Waals surface area contributed by atoms with E-state index in [4.69, 9.17) is 9.72 Å². The predicted octanol–water partition coefficient (Wildman–Crippen LogP) is 8.43. The summed E-state index contributed by atoms with van der Waals surface area (Å²) in [6, 6.07) is 33.5. The molecule has 7 rings (SSSR count). The van der Waals surface area contributed by atoms with Gasteiger partial charge in [0, 0.05) is 30.7 Å². The summed E-state index contributed by atoms with van der Waals surface area (Å²) in [5.74, 6) is 0.725. The second kappa shape index (κ2) is 11.1. The van der Waals surface area contributed by atoms with E-state index in [1.54, 1.807) is 0 Å². The number of imidazole rings is 1. The second-order valence-electron chi connectivity index (χ2n) is 13.1. The molecule has 0 atom stereocenters. The second-order valence-corrected chi connectivity index (χ2v) is 13.1. The molecule has 224 valence electrons. The van der Waals surface area contributed by atoms with E-state index < -0.39 is 0 Å². The van der Waals surface area contributed by atoms with E-state index in [0.717, 1.165) is 53.3 Å². The minimum Gasteiger partial charge on any atom is -0.445 e. The number of nitrogens with one attached hydrogen (secondary N) is 2. The average Bonchev–Trinajstić information content (AvgIpc) is 3.59. The summed E-state index contributed by atoms with van der Waals surface area (Å²) in [5, 5.41) is 3.59. The molecule has 2 N–H and O–H groups in total. The Morgan fingerprint density at radius 2 is 1.61 bits per heavy atom. The summed E-state index contributed by atoms with van der Waals surface area (Å²) in [4.78, 5) is 25.6. The average molecular weight is 586 g/mol. The number of aromatic amines is 1. The number of hydrogen-bond acceptors (Lipinski definition) is 5. The van der Waals surface area contributed by atoms with E-state index in [1.807, 2.05) is 35.2 Å². The number of fused-ring (bicyclic) bond motifs is 3. The Bertz CT molecular complexity index is 1800. The van der Waals surface area contributed by atoms with Crippen LogP contribution in [0.15, 0.2) is 97.1 Å². The SMILES string of the molecule is CC(C)(C)c1ccc2nc(Nc3ccccc3N3CC4(CCN(C(=O)OCc5ccccc5)CC4)c4ccccc43)[nH]c2c1. The number of amides is 1. The van der Waals surface area contributed by atoms with Crippen molar-refractivity contribution in [2.24, 2.45) is 0 Å². The van der Waals surface area contributed by atoms with E-state index in [0.29, 0.717) is 19.7 Å². The van der Waals surface area contributed by atoms with Crippen molar-refractivity contribution in [2.75, 3.05) is 29.9 Å². The zero-order valence-electron chi connectivity index (χ0n) is 25.6. The minimum atomic E-state index is -0.234. The number of ether oxygens (including phenoxy) is 1. The molecule has 1 saturated heterocycles. The number of benzene rings is 4. The molecule has 0 aliphatic carbocycles. The van der Waals surface area contributed by atoms with Crippen molar-refractivity contribution in [3.63, 3.8) is 0 Å². The highest BCUT2D eigenvalue weighted by Crippen LogP contribution is 2.51. The predicted molar refractivity (Wildman–Crippen MR) is 177 cm³/mol. The van der Waals surface area contributed by atoms with Gasteiger partial charge in [0.1, 0.15) is 6.61 Å². The first kappa shape index (κ1) is 28.0. The molecule has 0 radical (unpaired) electrons. The summed E-state index contributed by atoms with van der Waals surface area (Å²) in [7, 11) is 0. The topological polar surface area (TPSA) is 73.5 Å². The van der Waals surface area contributed by atoms with Crippen LogP contribution in [0.1, 0.15) is 50.3 Å². The maximum absolute atomic E-state index is 12.9. The number of anilines is 4. The number of rotatable bonds is 5. The largest absolute Gasteiger partial charge is 0.445 e. The number of likely N-dealkylation sites (tertiary alicyclic amines) is 1. The van der Waals surface area contributed by atoms with Crippen molar-refractivity contribution in [1.29, 1.82) is 0 Å². The number of piperidine rings is 1. The van der Waals surface area contributed by atoms with Crippen molar-refractivity contribution >= 4 is 40.1 Å². The molecule has 0 bridgehead atoms. The standard InChI is InChI=1S/C37H39N5O2/c1-36(2,3)27-17-18-29-31(23-27)40-34(38-29)39-30-14-8-10-16-33(30)42-25-37(28-13-7-9-15-32(28)42)19-21-41(22-20-37)35(43)44-24-26-11-5-4-6-12-26/h4-18,23H,19-22,24-25H2,1-3H3,(H2,38,39,40). The first-order valence-electron chi connectivity index (χ1n) is 15.5. The van der Waals surface area contributed by atoms with E-state index in [-0.39, 0.29) is 16.9 Å². The van der Waals surface area contributed by atoms with E-state index in [9.17, 15) is 4.79 Å². The fourth-order valence-electron chi connectivity index (χ4n) is 6.68. The molecule has 0 saturated carbocycles. The van der Waals surface area contributed by atoms with Crippen LogP contribution < -0.4 is 10.2 Å². The number of para-hydroxylation sites is 3. The Labute approximate surface area is 258 Å². The van der Waals surface area contributed by atoms with Crippen LogP contribution in [0, 0.1) is 0 Å². The first-order chi connectivity index (χ1) is 21.3. The van der Waals surface area contributed by atoms with Crippen LogP contribution in [0.4, 0.5) is 27.8 Å². The molecule has 1 fully saturated rings. The third-order valence-corrected chi connectivity index (χ3v) is 9.21. The zero-order valence-corrected chi connectivity index (χ0v) is 25.6. The van der Waals surface area contributed by atoms with E-state index in [1.165, 1.54) is 16.8 Å². The maximum atomic E-state index is 12.9. The van der Waals surface area contributed by atoms with Gasteiger partial charge < -0.3 is 24.8 Å². The van der Waals surface area contributed by atoms with Crippen LogP contribution in [-0.2, 0) is 22.2 Å². The van der Waals surface area contributed by atoms with Crippen LogP contribution >= 0.6 is 0 Å². The lowest BCUT2D eigenvalue weighted by atomic mass is 9.74. The van der Waals surface area contributed by atoms with Gasteiger partial charge in [-0.1, -0.05) is 87.5 Å². The lowest BCUT2D eigenvalue weighted by Gasteiger charge is -2.39. The van der Waals surface area contributed by atoms with Crippen molar-refractivity contribution in [3.8, 4) is 0 Å². The Morgan fingerprint density at radius 3 is 2.39 bits per heavy atom. The highest BCUT2D eigenvalue weighted by atomic mass is 16.6. The van der Waals surface area contributed by atoms with Gasteiger partial charge in [0.25, 0.3) is 0 Å². The Morgan fingerprint density at radius 1 is 0.909 bits per heavy atom. The van der Waals surface area contributed by atoms with E-state index in [2.05, 4.69) is 103 Å². The lowest BCUT2D eigenvalue weighted by molar-refractivity contribution is 0.0791. The van der Waals surface area contributed by atoms with Gasteiger partial charge in [0.2, 0.25) is 5.95 Å². The molecular weight excluding hydrogens is 546 g/mol. The molecule has 2 aliphatic rings. The molecule has 1 aromatic heterocycles. The van der Waals surface area contributed by atoms with Gasteiger partial charge in [0.15, 0.2) is 0 Å². The van der Waals surface area contributed by atoms with E-state index >= 15 is 0 Å². The number of carbonyl (C=O) groups is 1. The molecule has 7 nitrogen and oxygen atoms in total. The molecule has 7 heteroatoms. The number of aromatic nitrogens is 2. The van der Waals surface area contributed by atoms with Gasteiger partial charge in [-0.3, -0.25) is 0 Å². The van der Waals surface area contributed by atoms with Crippen molar-refractivity contribution < 1.29 is 9.53 Å². The van der Waals surface area contributed by atoms with Crippen LogP contribution in [0.5, 0.6) is 0 Å². The lowest BCUT2D eigenvalue weighted by Crippen LogP contribution is -2.47. The maximum Gasteiger partial charge on any atom is 0.410 e. The third kappa shape index (κ3) is 5.27. The van der Waals surface area contributed by atoms with Crippen LogP contribution in [-0.4, -0.2) is 40.6 Å². The summed E-state index contributed by atoms with van der Waals surface area (Å²) < 4.78 is 5.66. The summed E-state index contributed by atoms with van der Waals surface area (Å²) >= 11 is 0. The Balaban J connectivity index is 1.10. The Hall–Kier alpha value is -4.78. The molecule has 44 heavy (non-hydrogen) atoms. The molecule has 3 heterocycles. The van der Waals surface area contributed by atoms with Crippen LogP contribution in [0.3, 0.4) is 0 Å². The van der Waals surface area contributed by atoms with Crippen molar-refractivity contribution in [1.82, 2.24) is 14.9 Å². The van der Waals surface area contributed by atoms with Crippen LogP contribution in [0.2, 0.25) is 0 Å². The highest BCUT2D eigenvalue weighted by molar-refractivity contribution is 5.85. The number of nitrogens with zero attached hydrogens (tertiary/aromatic N) is 3. The molecular formula is C37H39N5O2. The molecule has 1 spiro atoms. The quantitative estimate of drug-likeness (QED) is 0.217. The zero-order chi connectivity index (χ0) is 30.3. The van der Waals surface area contributed by atoms with Gasteiger partial charge in [-0.25, -0.2) is 9.78 Å². The summed E-state index contributed by atoms with van der Waals surface area (Å²) in [6.07, 6.45) is 1.54. The molecule has 1 amide bonds. The molecule has 5 aromatic rings. The van der Waals surface area contributed by atoms with Gasteiger partial charge in [-0.05, 0) is 65.3 Å². The number of hydrogen-bond donors (Lipinski definition) is 2. The molecule has 4 aromatic carbocycles. The number of carbonyl (C=O) groups excluding carboxylic acids is 1. The van der Waals surface area contributed by atoms with Gasteiger partial charge in [0.05, 0.1) is 22.4 Å². The minimum absolute atomic E-state index is 0.0391. The van der Waals surface area contributed by atoms with Gasteiger partial charge >= 0.3 is 6.09 Å². The third-order valence-electron chi connectivity index (χ3n) is 9.21. The number of H-pyrrole nitrogens is 1. The van der Waals surface area contributed by atoms with Gasteiger partial charge in [-0.15, -0.1) is 0 Å². The van der Waals surface area contributed by atoms with Crippen LogP contribution in [0.25, 0.3) is 11.0 Å². The fraction of sp³-hybridized carbons (Fsp3) is 0.297. The van der Waals surface area contributed by atoms with Gasteiger partial charge in [-0.2, -0.15) is 0 Å². The highest BCUT2D eigenvalue weighted by Gasteiger charge is 2.46. The fourth-order valence-corrected chi connectivity index (χ4v) is 6.68. The normalized spacial score (nSPS) is 15.9. The Kier molecular flexibility index (Phi) is 7.04. The summed E-state index contributed by atoms with van der Waals surface area (Å²) in [5.41, 5.74) is 8.95. The smallest absolute Gasteiger partial charge is 0.410 e.